The fraction of sp³-hybridized carbons (Fsp3) is 0.333. The van der Waals surface area contributed by atoms with Gasteiger partial charge in [0.2, 0.25) is 15.9 Å². The van der Waals surface area contributed by atoms with Gasteiger partial charge in [-0.1, -0.05) is 24.3 Å². The largest absolute Gasteiger partial charge is 0.497 e. The van der Waals surface area contributed by atoms with Gasteiger partial charge >= 0.3 is 0 Å². The van der Waals surface area contributed by atoms with Crippen molar-refractivity contribution < 1.29 is 22.4 Å². The molecular weight excluding hydrogens is 442 g/mol. The summed E-state index contributed by atoms with van der Waals surface area (Å²) >= 11 is 0. The summed E-state index contributed by atoms with van der Waals surface area (Å²) in [7, 11) is -1.85. The first kappa shape index (κ1) is 24.5. The average Bonchev–Trinajstić information content (AvgIpc) is 3.25. The van der Waals surface area contributed by atoms with Gasteiger partial charge in [-0.25, -0.2) is 18.1 Å². The van der Waals surface area contributed by atoms with Gasteiger partial charge in [-0.3, -0.25) is 4.79 Å². The van der Waals surface area contributed by atoms with Gasteiger partial charge in [0, 0.05) is 31.0 Å². The minimum Gasteiger partial charge on any atom is -0.497 e. The molecule has 9 heteroatoms. The summed E-state index contributed by atoms with van der Waals surface area (Å²) in [6.07, 6.45) is 2.20. The Morgan fingerprint density at radius 1 is 1.09 bits per heavy atom. The first-order valence-electron chi connectivity index (χ1n) is 10.7. The second-order valence-corrected chi connectivity index (χ2v) is 9.68. The molecule has 1 heterocycles. The molecule has 0 aliphatic heterocycles. The van der Waals surface area contributed by atoms with Gasteiger partial charge in [-0.2, -0.15) is 0 Å². The number of ether oxygens (including phenoxy) is 1. The van der Waals surface area contributed by atoms with Crippen LogP contribution in [0.4, 0.5) is 0 Å². The Morgan fingerprint density at radius 2 is 1.79 bits per heavy atom. The van der Waals surface area contributed by atoms with Crippen LogP contribution in [-0.4, -0.2) is 32.5 Å². The third kappa shape index (κ3) is 7.44. The van der Waals surface area contributed by atoms with Gasteiger partial charge in [0.05, 0.1) is 19.1 Å². The number of aromatic nitrogens is 1. The van der Waals surface area contributed by atoms with Gasteiger partial charge < -0.3 is 14.5 Å². The molecule has 0 saturated heterocycles. The quantitative estimate of drug-likeness (QED) is 0.443. The zero-order valence-electron chi connectivity index (χ0n) is 19.0. The lowest BCUT2D eigenvalue weighted by molar-refractivity contribution is -0.121. The van der Waals surface area contributed by atoms with E-state index in [1.54, 1.807) is 39.3 Å². The second-order valence-electron chi connectivity index (χ2n) is 7.92. The van der Waals surface area contributed by atoms with E-state index in [9.17, 15) is 13.2 Å². The molecule has 0 spiro atoms. The molecule has 3 rings (SSSR count). The summed E-state index contributed by atoms with van der Waals surface area (Å²) < 4.78 is 38.0. The highest BCUT2D eigenvalue weighted by Gasteiger charge is 2.16. The van der Waals surface area contributed by atoms with Gasteiger partial charge in [0.1, 0.15) is 5.75 Å². The molecule has 0 radical (unpaired) electrons. The molecule has 33 heavy (non-hydrogen) atoms. The number of aryl methyl sites for hydroxylation is 1. The Balaban J connectivity index is 1.53. The summed E-state index contributed by atoms with van der Waals surface area (Å²) in [6.45, 7) is 3.80. The number of benzene rings is 2. The van der Waals surface area contributed by atoms with Crippen LogP contribution in [0.25, 0.3) is 11.3 Å². The van der Waals surface area contributed by atoms with E-state index < -0.39 is 10.0 Å². The van der Waals surface area contributed by atoms with E-state index in [0.29, 0.717) is 23.6 Å². The molecule has 1 amide bonds. The van der Waals surface area contributed by atoms with Gasteiger partial charge in [-0.05, 0) is 49.2 Å². The summed E-state index contributed by atoms with van der Waals surface area (Å²) in [5.74, 6) is 1.55. The van der Waals surface area contributed by atoms with Crippen molar-refractivity contribution >= 4 is 15.9 Å². The SMILES string of the molecule is COc1ccc(-c2cnc(CCC(=O)NCc3ccccc3CS(=O)(=O)NC(C)C)o2)cc1. The minimum atomic E-state index is -3.46. The number of carbonyl (C=O) groups is 1. The second kappa shape index (κ2) is 11.1. The van der Waals surface area contributed by atoms with E-state index in [1.807, 2.05) is 36.4 Å². The Labute approximate surface area is 194 Å². The van der Waals surface area contributed by atoms with Crippen molar-refractivity contribution in [2.45, 2.75) is 45.0 Å². The van der Waals surface area contributed by atoms with Gasteiger partial charge in [0.25, 0.3) is 0 Å². The number of amides is 1. The molecule has 0 unspecified atom stereocenters. The first-order chi connectivity index (χ1) is 15.8. The Morgan fingerprint density at radius 3 is 2.45 bits per heavy atom. The van der Waals surface area contributed by atoms with Crippen molar-refractivity contribution in [2.75, 3.05) is 7.11 Å². The smallest absolute Gasteiger partial charge is 0.220 e. The molecule has 2 N–H and O–H groups in total. The van der Waals surface area contributed by atoms with Crippen LogP contribution in [-0.2, 0) is 33.5 Å². The third-order valence-electron chi connectivity index (χ3n) is 4.85. The normalized spacial score (nSPS) is 11.5. The lowest BCUT2D eigenvalue weighted by Gasteiger charge is -2.13. The number of sulfonamides is 1. The highest BCUT2D eigenvalue weighted by Crippen LogP contribution is 2.23. The van der Waals surface area contributed by atoms with Crippen LogP contribution < -0.4 is 14.8 Å². The molecule has 8 nitrogen and oxygen atoms in total. The lowest BCUT2D eigenvalue weighted by atomic mass is 10.1. The van der Waals surface area contributed by atoms with Crippen LogP contribution in [0.2, 0.25) is 0 Å². The number of nitrogens with one attached hydrogen (secondary N) is 2. The lowest BCUT2D eigenvalue weighted by Crippen LogP contribution is -2.32. The molecule has 0 aliphatic rings. The number of methoxy groups -OCH3 is 1. The van der Waals surface area contributed by atoms with Crippen LogP contribution in [0.15, 0.2) is 59.1 Å². The van der Waals surface area contributed by atoms with Crippen LogP contribution in [0.3, 0.4) is 0 Å². The fourth-order valence-electron chi connectivity index (χ4n) is 3.29. The number of nitrogens with zero attached hydrogens (tertiary/aromatic N) is 1. The highest BCUT2D eigenvalue weighted by atomic mass is 32.2. The number of carbonyl (C=O) groups excluding carboxylic acids is 1. The van der Waals surface area contributed by atoms with Crippen LogP contribution in [0.1, 0.15) is 37.3 Å². The maximum absolute atomic E-state index is 12.4. The van der Waals surface area contributed by atoms with Gasteiger partial charge in [0.15, 0.2) is 11.7 Å². The Kier molecular flexibility index (Phi) is 8.24. The fourth-order valence-corrected chi connectivity index (χ4v) is 4.79. The van der Waals surface area contributed by atoms with Gasteiger partial charge in [-0.15, -0.1) is 0 Å². The molecule has 0 fully saturated rings. The zero-order chi connectivity index (χ0) is 23.8. The standard InChI is InChI=1S/C24H29N3O5S/c1-17(2)27-33(29,30)16-20-7-5-4-6-19(20)14-25-23(28)12-13-24-26-15-22(32-24)18-8-10-21(31-3)11-9-18/h4-11,15,17,27H,12-14,16H2,1-3H3,(H,25,28). The molecule has 0 bridgehead atoms. The number of oxazole rings is 1. The predicted octanol–water partition coefficient (Wildman–Crippen LogP) is 3.43. The van der Waals surface area contributed by atoms with E-state index >= 15 is 0 Å². The van der Waals surface area contributed by atoms with Crippen molar-refractivity contribution in [3.8, 4) is 17.1 Å². The summed E-state index contributed by atoms with van der Waals surface area (Å²) in [5.41, 5.74) is 2.29. The number of rotatable bonds is 11. The Bertz CT molecular complexity index is 1170. The van der Waals surface area contributed by atoms with Crippen molar-refractivity contribution in [2.24, 2.45) is 0 Å². The van der Waals surface area contributed by atoms with E-state index in [4.69, 9.17) is 9.15 Å². The number of hydrogen-bond acceptors (Lipinski definition) is 6. The molecule has 3 aromatic rings. The molecule has 0 saturated carbocycles. The summed E-state index contributed by atoms with van der Waals surface area (Å²) in [6, 6.07) is 14.4. The van der Waals surface area contributed by atoms with E-state index in [1.165, 1.54) is 0 Å². The van der Waals surface area contributed by atoms with E-state index in [0.717, 1.165) is 16.9 Å². The number of hydrogen-bond donors (Lipinski definition) is 2. The highest BCUT2D eigenvalue weighted by molar-refractivity contribution is 7.88. The molecule has 0 aliphatic carbocycles. The van der Waals surface area contributed by atoms with Crippen molar-refractivity contribution in [3.63, 3.8) is 0 Å². The monoisotopic (exact) mass is 471 g/mol. The van der Waals surface area contributed by atoms with Crippen LogP contribution in [0.5, 0.6) is 5.75 Å². The summed E-state index contributed by atoms with van der Waals surface area (Å²) in [4.78, 5) is 16.6. The third-order valence-corrected chi connectivity index (χ3v) is 6.37. The van der Waals surface area contributed by atoms with Crippen LogP contribution in [0, 0.1) is 0 Å². The average molecular weight is 472 g/mol. The molecular formula is C24H29N3O5S. The van der Waals surface area contributed by atoms with Crippen molar-refractivity contribution in [1.29, 1.82) is 0 Å². The predicted molar refractivity (Wildman–Crippen MR) is 126 cm³/mol. The molecule has 1 aromatic heterocycles. The minimum absolute atomic E-state index is 0.137. The molecule has 176 valence electrons. The van der Waals surface area contributed by atoms with E-state index in [-0.39, 0.29) is 30.7 Å². The maximum Gasteiger partial charge on any atom is 0.220 e. The molecule has 2 aromatic carbocycles. The topological polar surface area (TPSA) is 111 Å². The zero-order valence-corrected chi connectivity index (χ0v) is 19.8. The van der Waals surface area contributed by atoms with Crippen LogP contribution >= 0.6 is 0 Å². The van der Waals surface area contributed by atoms with Crippen molar-refractivity contribution in [1.82, 2.24) is 15.0 Å². The maximum atomic E-state index is 12.4. The van der Waals surface area contributed by atoms with E-state index in [2.05, 4.69) is 15.0 Å². The first-order valence-corrected chi connectivity index (χ1v) is 12.3. The molecule has 0 atom stereocenters. The summed E-state index contributed by atoms with van der Waals surface area (Å²) in [5, 5.41) is 2.85. The Hall–Kier alpha value is -3.17. The van der Waals surface area contributed by atoms with Crippen molar-refractivity contribution in [3.05, 3.63) is 71.7 Å².